The van der Waals surface area contributed by atoms with Gasteiger partial charge in [-0.3, -0.25) is 9.59 Å². The highest BCUT2D eigenvalue weighted by atomic mass is 35.5. The Bertz CT molecular complexity index is 1110. The SMILES string of the molecule is COCc1ccccc1C(=O)Nc1ccc2c(c1)CCC(=O)N2Cc1ccc(Cl)cc1. The molecule has 1 aliphatic rings. The van der Waals surface area contributed by atoms with Gasteiger partial charge in [0.25, 0.3) is 5.91 Å². The van der Waals surface area contributed by atoms with Crippen LogP contribution in [0.5, 0.6) is 0 Å². The van der Waals surface area contributed by atoms with Gasteiger partial charge in [0, 0.05) is 35.5 Å². The molecule has 0 aromatic heterocycles. The molecule has 0 saturated carbocycles. The number of amides is 2. The fourth-order valence-corrected chi connectivity index (χ4v) is 3.93. The molecule has 1 aliphatic heterocycles. The van der Waals surface area contributed by atoms with Gasteiger partial charge in [0.15, 0.2) is 0 Å². The van der Waals surface area contributed by atoms with Crippen LogP contribution in [0.1, 0.15) is 33.5 Å². The van der Waals surface area contributed by atoms with Crippen molar-refractivity contribution in [2.45, 2.75) is 26.0 Å². The van der Waals surface area contributed by atoms with Gasteiger partial charge in [-0.15, -0.1) is 0 Å². The zero-order chi connectivity index (χ0) is 21.8. The highest BCUT2D eigenvalue weighted by Gasteiger charge is 2.24. The van der Waals surface area contributed by atoms with E-state index in [2.05, 4.69) is 5.32 Å². The molecule has 3 aromatic carbocycles. The van der Waals surface area contributed by atoms with Crippen molar-refractivity contribution in [1.82, 2.24) is 0 Å². The van der Waals surface area contributed by atoms with E-state index in [9.17, 15) is 9.59 Å². The predicted molar refractivity (Wildman–Crippen MR) is 123 cm³/mol. The van der Waals surface area contributed by atoms with Crippen molar-refractivity contribution in [3.63, 3.8) is 0 Å². The minimum atomic E-state index is -0.183. The zero-order valence-corrected chi connectivity index (χ0v) is 18.0. The Hall–Kier alpha value is -3.15. The van der Waals surface area contributed by atoms with Crippen LogP contribution >= 0.6 is 11.6 Å². The summed E-state index contributed by atoms with van der Waals surface area (Å²) >= 11 is 5.97. The molecule has 0 saturated heterocycles. The predicted octanol–water partition coefficient (Wildman–Crippen LogP) is 5.22. The Morgan fingerprint density at radius 1 is 1.06 bits per heavy atom. The van der Waals surface area contributed by atoms with E-state index in [1.807, 2.05) is 60.7 Å². The van der Waals surface area contributed by atoms with Crippen LogP contribution in [0.25, 0.3) is 0 Å². The van der Waals surface area contributed by atoms with Gasteiger partial charge in [-0.1, -0.05) is 41.9 Å². The maximum absolute atomic E-state index is 12.8. The van der Waals surface area contributed by atoms with Crippen molar-refractivity contribution in [2.24, 2.45) is 0 Å². The second-order valence-corrected chi connectivity index (χ2v) is 7.93. The number of anilines is 2. The van der Waals surface area contributed by atoms with E-state index >= 15 is 0 Å². The highest BCUT2D eigenvalue weighted by Crippen LogP contribution is 2.32. The molecule has 0 atom stereocenters. The third-order valence-corrected chi connectivity index (χ3v) is 5.61. The molecule has 6 heteroatoms. The van der Waals surface area contributed by atoms with E-state index in [0.717, 1.165) is 22.4 Å². The molecule has 3 aromatic rings. The first-order chi connectivity index (χ1) is 15.0. The number of hydrogen-bond donors (Lipinski definition) is 1. The first kappa shape index (κ1) is 21.1. The first-order valence-electron chi connectivity index (χ1n) is 10.1. The summed E-state index contributed by atoms with van der Waals surface area (Å²) < 4.78 is 5.20. The molecule has 0 aliphatic carbocycles. The molecule has 0 spiro atoms. The largest absolute Gasteiger partial charge is 0.380 e. The maximum Gasteiger partial charge on any atom is 0.256 e. The summed E-state index contributed by atoms with van der Waals surface area (Å²) in [4.78, 5) is 27.2. The topological polar surface area (TPSA) is 58.6 Å². The van der Waals surface area contributed by atoms with Gasteiger partial charge in [-0.05, 0) is 59.5 Å². The number of nitrogens with one attached hydrogen (secondary N) is 1. The van der Waals surface area contributed by atoms with Gasteiger partial charge in [0.2, 0.25) is 5.91 Å². The number of fused-ring (bicyclic) bond motifs is 1. The van der Waals surface area contributed by atoms with Crippen LogP contribution in [-0.4, -0.2) is 18.9 Å². The van der Waals surface area contributed by atoms with Crippen LogP contribution in [0.2, 0.25) is 5.02 Å². The molecule has 2 amide bonds. The van der Waals surface area contributed by atoms with Crippen molar-refractivity contribution in [3.8, 4) is 0 Å². The Morgan fingerprint density at radius 2 is 1.84 bits per heavy atom. The molecule has 0 unspecified atom stereocenters. The molecule has 4 rings (SSSR count). The van der Waals surface area contributed by atoms with Crippen molar-refractivity contribution >= 4 is 34.8 Å². The summed E-state index contributed by atoms with van der Waals surface area (Å²) in [6, 6.07) is 20.6. The molecule has 158 valence electrons. The number of benzene rings is 3. The maximum atomic E-state index is 12.8. The lowest BCUT2D eigenvalue weighted by Crippen LogP contribution is -2.34. The molecular formula is C25H23ClN2O3. The van der Waals surface area contributed by atoms with Crippen LogP contribution in [0, 0.1) is 0 Å². The second-order valence-electron chi connectivity index (χ2n) is 7.49. The summed E-state index contributed by atoms with van der Waals surface area (Å²) in [7, 11) is 1.61. The fourth-order valence-electron chi connectivity index (χ4n) is 3.81. The lowest BCUT2D eigenvalue weighted by atomic mass is 9.99. The quantitative estimate of drug-likeness (QED) is 0.578. The third-order valence-electron chi connectivity index (χ3n) is 5.35. The average Bonchev–Trinajstić information content (AvgIpc) is 2.77. The van der Waals surface area contributed by atoms with Crippen molar-refractivity contribution in [2.75, 3.05) is 17.3 Å². The number of hydrogen-bond acceptors (Lipinski definition) is 3. The number of ether oxygens (including phenoxy) is 1. The lowest BCUT2D eigenvalue weighted by Gasteiger charge is -2.30. The van der Waals surface area contributed by atoms with Gasteiger partial charge in [0.1, 0.15) is 0 Å². The van der Waals surface area contributed by atoms with Crippen molar-refractivity contribution < 1.29 is 14.3 Å². The van der Waals surface area contributed by atoms with Crippen LogP contribution < -0.4 is 10.2 Å². The molecule has 5 nitrogen and oxygen atoms in total. The molecule has 1 N–H and O–H groups in total. The fraction of sp³-hybridized carbons (Fsp3) is 0.200. The lowest BCUT2D eigenvalue weighted by molar-refractivity contribution is -0.119. The molecule has 0 radical (unpaired) electrons. The minimum absolute atomic E-state index is 0.0905. The van der Waals surface area contributed by atoms with Crippen LogP contribution in [0.4, 0.5) is 11.4 Å². The molecule has 1 heterocycles. The standard InChI is InChI=1S/C25H23ClN2O3/c1-31-16-19-4-2-3-5-22(19)25(30)27-21-11-12-23-18(14-21)8-13-24(29)28(23)15-17-6-9-20(26)10-7-17/h2-7,9-12,14H,8,13,15-16H2,1H3,(H,27,30). The number of rotatable bonds is 6. The second kappa shape index (κ2) is 9.33. The van der Waals surface area contributed by atoms with Crippen molar-refractivity contribution in [1.29, 1.82) is 0 Å². The summed E-state index contributed by atoms with van der Waals surface area (Å²) in [6.45, 7) is 0.856. The highest BCUT2D eigenvalue weighted by molar-refractivity contribution is 6.30. The summed E-state index contributed by atoms with van der Waals surface area (Å²) in [5.41, 5.74) is 5.05. The Kier molecular flexibility index (Phi) is 6.35. The third kappa shape index (κ3) is 4.79. The average molecular weight is 435 g/mol. The van der Waals surface area contributed by atoms with E-state index in [0.29, 0.717) is 42.3 Å². The van der Waals surface area contributed by atoms with E-state index in [1.165, 1.54) is 0 Å². The molecular weight excluding hydrogens is 412 g/mol. The normalized spacial score (nSPS) is 13.1. The van der Waals surface area contributed by atoms with Crippen LogP contribution in [-0.2, 0) is 29.1 Å². The van der Waals surface area contributed by atoms with E-state index in [-0.39, 0.29) is 11.8 Å². The zero-order valence-electron chi connectivity index (χ0n) is 17.2. The smallest absolute Gasteiger partial charge is 0.256 e. The molecule has 31 heavy (non-hydrogen) atoms. The van der Waals surface area contributed by atoms with E-state index < -0.39 is 0 Å². The molecule has 0 fully saturated rings. The van der Waals surface area contributed by atoms with Crippen LogP contribution in [0.3, 0.4) is 0 Å². The van der Waals surface area contributed by atoms with E-state index in [4.69, 9.17) is 16.3 Å². The Labute approximate surface area is 186 Å². The minimum Gasteiger partial charge on any atom is -0.380 e. The summed E-state index contributed by atoms with van der Waals surface area (Å²) in [5.74, 6) is -0.0924. The number of nitrogens with zero attached hydrogens (tertiary/aromatic N) is 1. The van der Waals surface area contributed by atoms with Gasteiger partial charge in [-0.2, -0.15) is 0 Å². The first-order valence-corrected chi connectivity index (χ1v) is 10.5. The monoisotopic (exact) mass is 434 g/mol. The van der Waals surface area contributed by atoms with Gasteiger partial charge < -0.3 is 15.0 Å². The van der Waals surface area contributed by atoms with Gasteiger partial charge >= 0.3 is 0 Å². The number of halogens is 1. The van der Waals surface area contributed by atoms with Gasteiger partial charge in [-0.25, -0.2) is 0 Å². The van der Waals surface area contributed by atoms with Gasteiger partial charge in [0.05, 0.1) is 13.2 Å². The number of carbonyl (C=O) groups excluding carboxylic acids is 2. The van der Waals surface area contributed by atoms with Crippen molar-refractivity contribution in [3.05, 3.63) is 94.0 Å². The Morgan fingerprint density at radius 3 is 2.61 bits per heavy atom. The number of methoxy groups -OCH3 is 1. The van der Waals surface area contributed by atoms with Crippen LogP contribution in [0.15, 0.2) is 66.7 Å². The number of carbonyl (C=O) groups is 2. The summed E-state index contributed by atoms with van der Waals surface area (Å²) in [5, 5.41) is 3.64. The molecule has 0 bridgehead atoms. The summed E-state index contributed by atoms with van der Waals surface area (Å²) in [6.07, 6.45) is 1.09. The number of aryl methyl sites for hydroxylation is 1. The van der Waals surface area contributed by atoms with E-state index in [1.54, 1.807) is 18.1 Å². The Balaban J connectivity index is 1.55.